The normalized spacial score (nSPS) is 16.2. The van der Waals surface area contributed by atoms with Gasteiger partial charge in [-0.2, -0.15) is 9.97 Å². The van der Waals surface area contributed by atoms with Crippen LogP contribution in [0.2, 0.25) is 0 Å². The smallest absolute Gasteiger partial charge is 0.472 e. The van der Waals surface area contributed by atoms with Crippen molar-refractivity contribution < 1.29 is 32.4 Å². The van der Waals surface area contributed by atoms with Gasteiger partial charge in [0.1, 0.15) is 0 Å². The van der Waals surface area contributed by atoms with Crippen LogP contribution < -0.4 is 10.5 Å². The number of phosphoric acid groups is 1. The van der Waals surface area contributed by atoms with Crippen molar-refractivity contribution in [1.82, 2.24) is 19.5 Å². The molecule has 0 radical (unpaired) electrons. The Morgan fingerprint density at radius 3 is 2.71 bits per heavy atom. The van der Waals surface area contributed by atoms with Crippen molar-refractivity contribution in [1.29, 1.82) is 0 Å². The molecule has 0 amide bonds. The zero-order chi connectivity index (χ0) is 20.9. The van der Waals surface area contributed by atoms with Crippen LogP contribution in [0.1, 0.15) is 33.5 Å². The zero-order valence-electron chi connectivity index (χ0n) is 16.1. The van der Waals surface area contributed by atoms with Gasteiger partial charge < -0.3 is 20.1 Å². The number of nitrogen functional groups attached to an aromatic ring is 1. The van der Waals surface area contributed by atoms with Crippen molar-refractivity contribution in [3.63, 3.8) is 0 Å². The Balaban J connectivity index is 2.12. The van der Waals surface area contributed by atoms with Crippen LogP contribution in [0.3, 0.4) is 0 Å². The van der Waals surface area contributed by atoms with Crippen molar-refractivity contribution in [3.05, 3.63) is 6.33 Å². The first-order valence-corrected chi connectivity index (χ1v) is 10.1. The summed E-state index contributed by atoms with van der Waals surface area (Å²) in [7, 11) is -2.92. The molecule has 2 aromatic heterocycles. The average Bonchev–Trinajstić information content (AvgIpc) is 3.01. The van der Waals surface area contributed by atoms with E-state index in [1.165, 1.54) is 13.4 Å². The van der Waals surface area contributed by atoms with E-state index in [-0.39, 0.29) is 36.0 Å². The molecular weight excluding hydrogens is 396 g/mol. The molecule has 0 aliphatic carbocycles. The fourth-order valence-electron chi connectivity index (χ4n) is 2.39. The Kier molecular flexibility index (Phi) is 7.67. The lowest BCUT2D eigenvalue weighted by atomic mass is 10.2. The predicted octanol–water partition coefficient (Wildman–Crippen LogP) is 2.22. The Morgan fingerprint density at radius 1 is 1.39 bits per heavy atom. The molecule has 3 atom stereocenters. The van der Waals surface area contributed by atoms with Crippen LogP contribution in [0.4, 0.5) is 10.3 Å². The number of imidazole rings is 1. The molecule has 28 heavy (non-hydrogen) atoms. The molecule has 3 unspecified atom stereocenters. The first-order valence-electron chi connectivity index (χ1n) is 8.62. The number of hydrogen-bond donors (Lipinski definition) is 2. The second-order valence-corrected chi connectivity index (χ2v) is 7.50. The molecule has 11 nitrogen and oxygen atoms in total. The summed E-state index contributed by atoms with van der Waals surface area (Å²) < 4.78 is 48.0. The Morgan fingerprint density at radius 2 is 2.11 bits per heavy atom. The maximum atomic E-state index is 14.9. The van der Waals surface area contributed by atoms with Crippen LogP contribution in [-0.2, 0) is 18.3 Å². The Hall–Kier alpha value is -1.85. The van der Waals surface area contributed by atoms with Gasteiger partial charge in [-0.1, -0.05) is 0 Å². The van der Waals surface area contributed by atoms with E-state index in [0.717, 1.165) is 4.57 Å². The first kappa shape index (κ1) is 22.4. The van der Waals surface area contributed by atoms with Crippen molar-refractivity contribution >= 4 is 24.9 Å². The van der Waals surface area contributed by atoms with E-state index in [9.17, 15) is 13.8 Å². The minimum atomic E-state index is -4.25. The average molecular weight is 421 g/mol. The van der Waals surface area contributed by atoms with Crippen LogP contribution in [0.25, 0.3) is 11.2 Å². The topological polar surface area (TPSA) is 144 Å². The molecule has 0 spiro atoms. The van der Waals surface area contributed by atoms with Gasteiger partial charge in [0.05, 0.1) is 31.7 Å². The summed E-state index contributed by atoms with van der Waals surface area (Å²) in [4.78, 5) is 21.7. The summed E-state index contributed by atoms with van der Waals surface area (Å²) in [5, 5.41) is 0. The third-order valence-corrected chi connectivity index (χ3v) is 4.71. The van der Waals surface area contributed by atoms with E-state index < -0.39 is 26.3 Å². The summed E-state index contributed by atoms with van der Waals surface area (Å²) in [5.41, 5.74) is 6.10. The number of aromatic nitrogens is 4. The molecule has 0 aliphatic rings. The van der Waals surface area contributed by atoms with E-state index in [0.29, 0.717) is 6.61 Å². The van der Waals surface area contributed by atoms with Crippen molar-refractivity contribution in [3.8, 4) is 5.88 Å². The monoisotopic (exact) mass is 421 g/mol. The summed E-state index contributed by atoms with van der Waals surface area (Å²) in [5.74, 6) is 0.0817. The van der Waals surface area contributed by atoms with E-state index in [2.05, 4.69) is 15.0 Å². The number of methoxy groups -OCH3 is 1. The van der Waals surface area contributed by atoms with Crippen LogP contribution in [0, 0.1) is 0 Å². The summed E-state index contributed by atoms with van der Waals surface area (Å²) in [6.07, 6.45) is -1.90. The minimum Gasteiger partial charge on any atom is -0.476 e. The Labute approximate surface area is 161 Å². The molecule has 2 aromatic rings. The summed E-state index contributed by atoms with van der Waals surface area (Å²) in [6, 6.07) is 0. The lowest BCUT2D eigenvalue weighted by molar-refractivity contribution is 0.00775. The van der Waals surface area contributed by atoms with Gasteiger partial charge in [0.25, 0.3) is 0 Å². The highest BCUT2D eigenvalue weighted by Gasteiger charge is 2.27. The van der Waals surface area contributed by atoms with E-state index in [4.69, 9.17) is 24.3 Å². The molecule has 0 aliphatic heterocycles. The van der Waals surface area contributed by atoms with Gasteiger partial charge in [0, 0.05) is 13.5 Å². The minimum absolute atomic E-state index is 0.0800. The highest BCUT2D eigenvalue weighted by atomic mass is 31.2. The van der Waals surface area contributed by atoms with Gasteiger partial charge in [0.15, 0.2) is 17.5 Å². The largest absolute Gasteiger partial charge is 0.476 e. The number of ether oxygens (including phenoxy) is 2. The third kappa shape index (κ3) is 5.82. The fraction of sp³-hybridized carbons (Fsp3) is 0.667. The standard InChI is InChI=1S/C15H25FN5O6P/c1-5-25-14-12-13(19-15(17)20-14)21(8-18-12)11(16)6-10(24-4)7-26-28(22,23)27-9(2)3/h8-11H,5-7H2,1-4H3,(H,22,23)(H2,17,19,20). The second kappa shape index (κ2) is 9.57. The van der Waals surface area contributed by atoms with Gasteiger partial charge in [-0.15, -0.1) is 0 Å². The van der Waals surface area contributed by atoms with Crippen LogP contribution in [-0.4, -0.2) is 56.9 Å². The maximum absolute atomic E-state index is 14.9. The fourth-order valence-corrected chi connectivity index (χ4v) is 3.33. The quantitative estimate of drug-likeness (QED) is 0.518. The second-order valence-electron chi connectivity index (χ2n) is 6.09. The third-order valence-electron chi connectivity index (χ3n) is 3.55. The number of phosphoric ester groups is 1. The molecule has 2 heterocycles. The summed E-state index contributed by atoms with van der Waals surface area (Å²) in [6.45, 7) is 4.94. The number of hydrogen-bond acceptors (Lipinski definition) is 9. The van der Waals surface area contributed by atoms with Crippen LogP contribution in [0.15, 0.2) is 6.33 Å². The van der Waals surface area contributed by atoms with E-state index >= 15 is 0 Å². The molecular formula is C15H25FN5O6P. The molecule has 0 fully saturated rings. The maximum Gasteiger partial charge on any atom is 0.472 e. The molecule has 0 saturated carbocycles. The first-order chi connectivity index (χ1) is 13.2. The molecule has 0 bridgehead atoms. The zero-order valence-corrected chi connectivity index (χ0v) is 17.0. The lowest BCUT2D eigenvalue weighted by Gasteiger charge is -2.21. The number of anilines is 1. The number of fused-ring (bicyclic) bond motifs is 1. The number of alkyl halides is 1. The summed E-state index contributed by atoms with van der Waals surface area (Å²) >= 11 is 0. The highest BCUT2D eigenvalue weighted by molar-refractivity contribution is 7.47. The van der Waals surface area contributed by atoms with E-state index in [1.807, 2.05) is 0 Å². The van der Waals surface area contributed by atoms with Gasteiger partial charge in [-0.25, -0.2) is 13.9 Å². The van der Waals surface area contributed by atoms with Crippen molar-refractivity contribution in [2.75, 3.05) is 26.1 Å². The Bertz CT molecular complexity index is 835. The highest BCUT2D eigenvalue weighted by Crippen LogP contribution is 2.44. The number of nitrogens with two attached hydrogens (primary N) is 1. The van der Waals surface area contributed by atoms with Crippen LogP contribution >= 0.6 is 7.82 Å². The van der Waals surface area contributed by atoms with Crippen molar-refractivity contribution in [2.45, 2.75) is 45.7 Å². The molecule has 2 rings (SSSR count). The van der Waals surface area contributed by atoms with Gasteiger partial charge in [0.2, 0.25) is 11.8 Å². The number of nitrogens with zero attached hydrogens (tertiary/aromatic N) is 4. The lowest BCUT2D eigenvalue weighted by Crippen LogP contribution is -2.22. The van der Waals surface area contributed by atoms with Gasteiger partial charge in [-0.05, 0) is 20.8 Å². The molecule has 158 valence electrons. The van der Waals surface area contributed by atoms with Gasteiger partial charge in [-0.3, -0.25) is 13.6 Å². The molecule has 13 heteroatoms. The number of halogens is 1. The molecule has 0 saturated heterocycles. The van der Waals surface area contributed by atoms with Crippen molar-refractivity contribution in [2.24, 2.45) is 0 Å². The number of rotatable bonds is 11. The predicted molar refractivity (Wildman–Crippen MR) is 98.5 cm³/mol. The van der Waals surface area contributed by atoms with Gasteiger partial charge >= 0.3 is 7.82 Å². The van der Waals surface area contributed by atoms with Crippen LogP contribution in [0.5, 0.6) is 5.88 Å². The van der Waals surface area contributed by atoms with E-state index in [1.54, 1.807) is 20.8 Å². The SMILES string of the molecule is CCOc1nc(N)nc2c1ncn2C(F)CC(COP(=O)(O)OC(C)C)OC. The molecule has 0 aromatic carbocycles. The molecule has 3 N–H and O–H groups in total.